The van der Waals surface area contributed by atoms with Gasteiger partial charge in [-0.2, -0.15) is 0 Å². The van der Waals surface area contributed by atoms with E-state index in [9.17, 15) is 9.59 Å². The first-order valence-electron chi connectivity index (χ1n) is 10.3. The van der Waals surface area contributed by atoms with Crippen LogP contribution < -0.4 is 15.0 Å². The molecule has 1 amide bonds. The first kappa shape index (κ1) is 22.6. The van der Waals surface area contributed by atoms with E-state index in [1.54, 1.807) is 24.3 Å². The first-order chi connectivity index (χ1) is 15.0. The van der Waals surface area contributed by atoms with Crippen molar-refractivity contribution in [2.24, 2.45) is 0 Å². The van der Waals surface area contributed by atoms with E-state index < -0.39 is 0 Å². The fraction of sp³-hybridized carbons (Fsp3) is 0.391. The highest BCUT2D eigenvalue weighted by Gasteiger charge is 2.12. The molecule has 1 aliphatic rings. The van der Waals surface area contributed by atoms with Crippen molar-refractivity contribution in [1.29, 1.82) is 0 Å². The van der Waals surface area contributed by atoms with E-state index in [4.69, 9.17) is 9.47 Å². The van der Waals surface area contributed by atoms with Crippen LogP contribution in [-0.4, -0.2) is 76.9 Å². The van der Waals surface area contributed by atoms with Crippen molar-refractivity contribution in [3.8, 4) is 5.75 Å². The number of benzene rings is 2. The van der Waals surface area contributed by atoms with Gasteiger partial charge in [0.05, 0.1) is 32.4 Å². The van der Waals surface area contributed by atoms with Gasteiger partial charge in [-0.1, -0.05) is 0 Å². The predicted molar refractivity (Wildman–Crippen MR) is 119 cm³/mol. The average molecular weight is 428 g/mol. The number of carbonyl (C=O) groups is 2. The van der Waals surface area contributed by atoms with Crippen LogP contribution in [0.2, 0.25) is 0 Å². The molecular formula is C23H29N3O5. The standard InChI is InChI=1S/C23H29N3O5/c1-25(11-16-31-21-9-3-18(4-10-21)23(28)29-2)17-22(27)24-19-5-7-20(8-6-19)26-12-14-30-15-13-26/h3-10H,11-17H2,1-2H3,(H,24,27). The molecule has 0 bridgehead atoms. The van der Waals surface area contributed by atoms with Crippen molar-refractivity contribution in [2.75, 3.05) is 70.4 Å². The lowest BCUT2D eigenvalue weighted by atomic mass is 10.2. The molecule has 2 aromatic carbocycles. The maximum atomic E-state index is 12.3. The van der Waals surface area contributed by atoms with Gasteiger partial charge in [0.2, 0.25) is 5.91 Å². The second-order valence-corrected chi connectivity index (χ2v) is 7.30. The number of carbonyl (C=O) groups excluding carboxylic acids is 2. The van der Waals surface area contributed by atoms with Gasteiger partial charge in [-0.15, -0.1) is 0 Å². The summed E-state index contributed by atoms with van der Waals surface area (Å²) in [7, 11) is 3.21. The molecule has 1 fully saturated rings. The number of hydrogen-bond acceptors (Lipinski definition) is 7. The molecule has 0 atom stereocenters. The lowest BCUT2D eigenvalue weighted by Gasteiger charge is -2.28. The third kappa shape index (κ3) is 6.97. The van der Waals surface area contributed by atoms with Crippen molar-refractivity contribution >= 4 is 23.3 Å². The van der Waals surface area contributed by atoms with Gasteiger partial charge in [-0.05, 0) is 55.6 Å². The van der Waals surface area contributed by atoms with Crippen molar-refractivity contribution in [3.63, 3.8) is 0 Å². The minimum absolute atomic E-state index is 0.0796. The Hall–Kier alpha value is -3.10. The highest BCUT2D eigenvalue weighted by Crippen LogP contribution is 2.19. The van der Waals surface area contributed by atoms with E-state index in [1.165, 1.54) is 7.11 Å². The van der Waals surface area contributed by atoms with Gasteiger partial charge >= 0.3 is 5.97 Å². The molecule has 0 unspecified atom stereocenters. The van der Waals surface area contributed by atoms with Crippen molar-refractivity contribution in [2.45, 2.75) is 0 Å². The number of rotatable bonds is 9. The summed E-state index contributed by atoms with van der Waals surface area (Å²) in [5.74, 6) is 0.197. The monoisotopic (exact) mass is 427 g/mol. The lowest BCUT2D eigenvalue weighted by molar-refractivity contribution is -0.117. The van der Waals surface area contributed by atoms with Gasteiger partial charge in [0.1, 0.15) is 12.4 Å². The number of amides is 1. The molecule has 3 rings (SSSR count). The van der Waals surface area contributed by atoms with Crippen LogP contribution >= 0.6 is 0 Å². The Balaban J connectivity index is 1.37. The minimum Gasteiger partial charge on any atom is -0.492 e. The number of anilines is 2. The fourth-order valence-corrected chi connectivity index (χ4v) is 3.23. The molecule has 1 N–H and O–H groups in total. The van der Waals surface area contributed by atoms with E-state index in [2.05, 4.69) is 15.0 Å². The van der Waals surface area contributed by atoms with Crippen LogP contribution in [-0.2, 0) is 14.3 Å². The fourth-order valence-electron chi connectivity index (χ4n) is 3.23. The van der Waals surface area contributed by atoms with Gasteiger partial charge < -0.3 is 24.4 Å². The summed E-state index contributed by atoms with van der Waals surface area (Å²) in [6.07, 6.45) is 0. The Morgan fingerprint density at radius 3 is 2.39 bits per heavy atom. The van der Waals surface area contributed by atoms with Gasteiger partial charge in [0.15, 0.2) is 0 Å². The molecule has 1 aliphatic heterocycles. The summed E-state index contributed by atoms with van der Waals surface area (Å²) >= 11 is 0. The molecule has 0 spiro atoms. The second kappa shape index (κ2) is 11.3. The number of nitrogens with one attached hydrogen (secondary N) is 1. The Morgan fingerprint density at radius 2 is 1.74 bits per heavy atom. The van der Waals surface area contributed by atoms with Crippen LogP contribution in [0.3, 0.4) is 0 Å². The number of esters is 1. The van der Waals surface area contributed by atoms with E-state index >= 15 is 0 Å². The van der Waals surface area contributed by atoms with Crippen LogP contribution in [0.25, 0.3) is 0 Å². The SMILES string of the molecule is COC(=O)c1ccc(OCCN(C)CC(=O)Nc2ccc(N3CCOCC3)cc2)cc1. The second-order valence-electron chi connectivity index (χ2n) is 7.30. The largest absolute Gasteiger partial charge is 0.492 e. The van der Waals surface area contributed by atoms with Crippen LogP contribution in [0.15, 0.2) is 48.5 Å². The van der Waals surface area contributed by atoms with Gasteiger partial charge in [-0.25, -0.2) is 4.79 Å². The zero-order chi connectivity index (χ0) is 22.1. The molecule has 8 heteroatoms. The molecule has 0 aliphatic carbocycles. The lowest BCUT2D eigenvalue weighted by Crippen LogP contribution is -2.36. The van der Waals surface area contributed by atoms with Crippen LogP contribution in [0.4, 0.5) is 11.4 Å². The highest BCUT2D eigenvalue weighted by molar-refractivity contribution is 5.92. The molecule has 166 valence electrons. The Labute approximate surface area is 182 Å². The number of likely N-dealkylation sites (N-methyl/N-ethyl adjacent to an activating group) is 1. The summed E-state index contributed by atoms with van der Waals surface area (Å²) < 4.78 is 15.7. The third-order valence-electron chi connectivity index (χ3n) is 4.96. The molecule has 31 heavy (non-hydrogen) atoms. The van der Waals surface area contributed by atoms with E-state index in [0.29, 0.717) is 24.5 Å². The third-order valence-corrected chi connectivity index (χ3v) is 4.96. The van der Waals surface area contributed by atoms with E-state index in [0.717, 1.165) is 37.7 Å². The van der Waals surface area contributed by atoms with Gasteiger partial charge in [0.25, 0.3) is 0 Å². The normalized spacial score (nSPS) is 13.7. The number of hydrogen-bond donors (Lipinski definition) is 1. The molecule has 1 heterocycles. The number of morpholine rings is 1. The molecule has 2 aromatic rings. The molecule has 0 saturated carbocycles. The minimum atomic E-state index is -0.381. The van der Waals surface area contributed by atoms with Crippen LogP contribution in [0.1, 0.15) is 10.4 Å². The summed E-state index contributed by atoms with van der Waals surface area (Å²) in [6, 6.07) is 14.6. The van der Waals surface area contributed by atoms with Crippen LogP contribution in [0.5, 0.6) is 5.75 Å². The molecule has 8 nitrogen and oxygen atoms in total. The first-order valence-corrected chi connectivity index (χ1v) is 10.3. The van der Waals surface area contributed by atoms with Crippen molar-refractivity contribution in [1.82, 2.24) is 4.90 Å². The van der Waals surface area contributed by atoms with Crippen molar-refractivity contribution in [3.05, 3.63) is 54.1 Å². The number of ether oxygens (including phenoxy) is 3. The quantitative estimate of drug-likeness (QED) is 0.615. The van der Waals surface area contributed by atoms with E-state index in [-0.39, 0.29) is 18.4 Å². The zero-order valence-electron chi connectivity index (χ0n) is 18.0. The topological polar surface area (TPSA) is 80.3 Å². The molecule has 0 radical (unpaired) electrons. The number of methoxy groups -OCH3 is 1. The van der Waals surface area contributed by atoms with E-state index in [1.807, 2.05) is 36.2 Å². The maximum absolute atomic E-state index is 12.3. The summed E-state index contributed by atoms with van der Waals surface area (Å²) in [5.41, 5.74) is 2.38. The zero-order valence-corrected chi connectivity index (χ0v) is 18.0. The highest BCUT2D eigenvalue weighted by atomic mass is 16.5. The Bertz CT molecular complexity index is 849. The smallest absolute Gasteiger partial charge is 0.337 e. The molecule has 0 aromatic heterocycles. The predicted octanol–water partition coefficient (Wildman–Crippen LogP) is 2.26. The molecular weight excluding hydrogens is 398 g/mol. The van der Waals surface area contributed by atoms with Crippen molar-refractivity contribution < 1.29 is 23.8 Å². The Morgan fingerprint density at radius 1 is 1.06 bits per heavy atom. The number of nitrogens with zero attached hydrogens (tertiary/aromatic N) is 2. The molecule has 1 saturated heterocycles. The summed E-state index contributed by atoms with van der Waals surface area (Å²) in [6.45, 7) is 4.52. The average Bonchev–Trinajstić information content (AvgIpc) is 2.80. The van der Waals surface area contributed by atoms with Gasteiger partial charge in [0, 0.05) is 31.0 Å². The maximum Gasteiger partial charge on any atom is 0.337 e. The van der Waals surface area contributed by atoms with Gasteiger partial charge in [-0.3, -0.25) is 9.69 Å². The Kier molecular flexibility index (Phi) is 8.26. The summed E-state index contributed by atoms with van der Waals surface area (Å²) in [5, 5.41) is 2.92. The summed E-state index contributed by atoms with van der Waals surface area (Å²) in [4.78, 5) is 27.9. The van der Waals surface area contributed by atoms with Crippen LogP contribution in [0, 0.1) is 0 Å².